The van der Waals surface area contributed by atoms with Crippen LogP contribution in [0.25, 0.3) is 0 Å². The van der Waals surface area contributed by atoms with Crippen molar-refractivity contribution in [2.24, 2.45) is 22.7 Å². The molecule has 7 atom stereocenters. The van der Waals surface area contributed by atoms with Crippen LogP contribution < -0.4 is 0 Å². The van der Waals surface area contributed by atoms with Crippen molar-refractivity contribution >= 4 is 11.9 Å². The zero-order valence-corrected chi connectivity index (χ0v) is 15.5. The number of rotatable bonds is 3. The van der Waals surface area contributed by atoms with E-state index in [0.29, 0.717) is 25.9 Å². The first kappa shape index (κ1) is 17.3. The van der Waals surface area contributed by atoms with Crippen LogP contribution in [0.1, 0.15) is 59.8 Å². The van der Waals surface area contributed by atoms with Crippen LogP contribution in [0.4, 0.5) is 0 Å². The van der Waals surface area contributed by atoms with Crippen molar-refractivity contribution in [1.82, 2.24) is 0 Å². The summed E-state index contributed by atoms with van der Waals surface area (Å²) in [7, 11) is 0. The Labute approximate surface area is 148 Å². The van der Waals surface area contributed by atoms with Gasteiger partial charge in [0.25, 0.3) is 0 Å². The molecule has 0 amide bonds. The van der Waals surface area contributed by atoms with Gasteiger partial charge < -0.3 is 19.3 Å². The molecule has 6 heteroatoms. The van der Waals surface area contributed by atoms with Crippen LogP contribution in [0.15, 0.2) is 0 Å². The Kier molecular flexibility index (Phi) is 3.44. The van der Waals surface area contributed by atoms with Gasteiger partial charge in [-0.25, -0.2) is 0 Å². The van der Waals surface area contributed by atoms with E-state index in [9.17, 15) is 14.7 Å². The average Bonchev–Trinajstić information content (AvgIpc) is 3.00. The summed E-state index contributed by atoms with van der Waals surface area (Å²) < 4.78 is 17.7. The number of aliphatic hydroxyl groups is 1. The standard InChI is InChI=1S/C19H28O6/c1-5-6-14(20)24-13-7-19-16(4)10-23-18(22,12(16)3)9-17(19,11(13)2)8-15(21)25-19/h11-13,22H,5-10H2,1-4H3/t11-,12+,13-,16-,17-,18-,19+/m1/s1. The minimum atomic E-state index is -1.25. The molecule has 4 aliphatic rings. The predicted molar refractivity (Wildman–Crippen MR) is 87.2 cm³/mol. The maximum Gasteiger partial charge on any atom is 0.307 e. The molecule has 4 fully saturated rings. The van der Waals surface area contributed by atoms with E-state index < -0.39 is 22.2 Å². The molecular formula is C19H28O6. The Bertz CT molecular complexity index is 633. The summed E-state index contributed by atoms with van der Waals surface area (Å²) in [5, 5.41) is 11.1. The van der Waals surface area contributed by atoms with E-state index in [1.54, 1.807) is 0 Å². The van der Waals surface area contributed by atoms with E-state index in [1.165, 1.54) is 0 Å². The van der Waals surface area contributed by atoms with Crippen molar-refractivity contribution in [3.05, 3.63) is 0 Å². The van der Waals surface area contributed by atoms with Gasteiger partial charge >= 0.3 is 11.9 Å². The first-order valence-corrected chi connectivity index (χ1v) is 9.42. The molecule has 2 heterocycles. The van der Waals surface area contributed by atoms with Gasteiger partial charge in [0.05, 0.1) is 13.0 Å². The minimum absolute atomic E-state index is 0.0696. The molecule has 0 spiro atoms. The number of fused-ring (bicyclic) bond motifs is 2. The molecule has 0 unspecified atom stereocenters. The monoisotopic (exact) mass is 352 g/mol. The highest BCUT2D eigenvalue weighted by atomic mass is 16.6. The fourth-order valence-corrected chi connectivity index (χ4v) is 6.33. The minimum Gasteiger partial charge on any atom is -0.462 e. The number of hydrogen-bond donors (Lipinski definition) is 1. The molecule has 2 saturated heterocycles. The van der Waals surface area contributed by atoms with Crippen LogP contribution in [-0.4, -0.2) is 41.1 Å². The van der Waals surface area contributed by atoms with Crippen LogP contribution in [0, 0.1) is 22.7 Å². The summed E-state index contributed by atoms with van der Waals surface area (Å²) in [6.07, 6.45) is 1.95. The predicted octanol–water partition coefficient (Wildman–Crippen LogP) is 2.18. The normalized spacial score (nSPS) is 53.3. The highest BCUT2D eigenvalue weighted by molar-refractivity contribution is 5.76. The average molecular weight is 352 g/mol. The molecule has 6 nitrogen and oxygen atoms in total. The second-order valence-corrected chi connectivity index (χ2v) is 8.85. The van der Waals surface area contributed by atoms with Crippen molar-refractivity contribution < 1.29 is 28.9 Å². The summed E-state index contributed by atoms with van der Waals surface area (Å²) in [4.78, 5) is 24.5. The summed E-state index contributed by atoms with van der Waals surface area (Å²) in [5.41, 5.74) is -1.78. The third-order valence-corrected chi connectivity index (χ3v) is 7.95. The van der Waals surface area contributed by atoms with Crippen LogP contribution in [0.3, 0.4) is 0 Å². The maximum absolute atomic E-state index is 12.4. The van der Waals surface area contributed by atoms with Gasteiger partial charge in [0.15, 0.2) is 5.79 Å². The molecule has 0 aromatic carbocycles. The Morgan fingerprint density at radius 1 is 1.40 bits per heavy atom. The zero-order valence-electron chi connectivity index (χ0n) is 15.5. The van der Waals surface area contributed by atoms with E-state index in [-0.39, 0.29) is 36.3 Å². The lowest BCUT2D eigenvalue weighted by Crippen LogP contribution is -2.64. The van der Waals surface area contributed by atoms with Gasteiger partial charge in [0.2, 0.25) is 0 Å². The quantitative estimate of drug-likeness (QED) is 0.784. The number of esters is 2. The van der Waals surface area contributed by atoms with E-state index >= 15 is 0 Å². The fourth-order valence-electron chi connectivity index (χ4n) is 6.33. The smallest absolute Gasteiger partial charge is 0.307 e. The SMILES string of the molecule is CCCC(=O)O[C@@H]1C[C@@]23OC(=O)C[C@@]2(C[C@@]2(O)OC[C@]3(C)[C@@H]2C)[C@@H]1C. The molecule has 0 aromatic heterocycles. The molecule has 0 radical (unpaired) electrons. The van der Waals surface area contributed by atoms with Crippen molar-refractivity contribution in [3.63, 3.8) is 0 Å². The number of carbonyl (C=O) groups is 2. The van der Waals surface area contributed by atoms with Gasteiger partial charge in [-0.2, -0.15) is 0 Å². The Morgan fingerprint density at radius 2 is 2.12 bits per heavy atom. The number of carbonyl (C=O) groups excluding carboxylic acids is 2. The maximum atomic E-state index is 12.4. The molecular weight excluding hydrogens is 324 g/mol. The molecule has 2 aliphatic heterocycles. The summed E-state index contributed by atoms with van der Waals surface area (Å²) >= 11 is 0. The van der Waals surface area contributed by atoms with Gasteiger partial charge in [-0.05, 0) is 6.42 Å². The van der Waals surface area contributed by atoms with Gasteiger partial charge in [0.1, 0.15) is 11.7 Å². The van der Waals surface area contributed by atoms with E-state index in [4.69, 9.17) is 14.2 Å². The largest absolute Gasteiger partial charge is 0.462 e. The zero-order chi connectivity index (χ0) is 18.3. The molecule has 2 saturated carbocycles. The summed E-state index contributed by atoms with van der Waals surface area (Å²) in [6.45, 7) is 8.34. The second-order valence-electron chi connectivity index (χ2n) is 8.85. The van der Waals surface area contributed by atoms with Crippen LogP contribution in [0.5, 0.6) is 0 Å². The summed E-state index contributed by atoms with van der Waals surface area (Å²) in [6, 6.07) is 0. The molecule has 140 valence electrons. The van der Waals surface area contributed by atoms with E-state index in [1.807, 2.05) is 27.7 Å². The third-order valence-electron chi connectivity index (χ3n) is 7.95. The lowest BCUT2D eigenvalue weighted by molar-refractivity contribution is -0.257. The second kappa shape index (κ2) is 4.97. The molecule has 4 rings (SSSR count). The van der Waals surface area contributed by atoms with Crippen molar-refractivity contribution in [3.8, 4) is 0 Å². The lowest BCUT2D eigenvalue weighted by atomic mass is 9.48. The van der Waals surface area contributed by atoms with Gasteiger partial charge in [-0.1, -0.05) is 27.7 Å². The Hall–Kier alpha value is -1.14. The van der Waals surface area contributed by atoms with E-state index in [0.717, 1.165) is 6.42 Å². The third kappa shape index (κ3) is 1.82. The van der Waals surface area contributed by atoms with Crippen molar-refractivity contribution in [1.29, 1.82) is 0 Å². The van der Waals surface area contributed by atoms with Gasteiger partial charge in [0, 0.05) is 41.9 Å². The molecule has 2 aliphatic carbocycles. The molecule has 0 aromatic rings. The number of ether oxygens (including phenoxy) is 3. The van der Waals surface area contributed by atoms with Crippen LogP contribution in [0.2, 0.25) is 0 Å². The fraction of sp³-hybridized carbons (Fsp3) is 0.895. The topological polar surface area (TPSA) is 82.1 Å². The first-order chi connectivity index (χ1) is 11.6. The lowest BCUT2D eigenvalue weighted by Gasteiger charge is -2.56. The highest BCUT2D eigenvalue weighted by Crippen LogP contribution is 2.75. The summed E-state index contributed by atoms with van der Waals surface area (Å²) in [5.74, 6) is -1.89. The molecule has 2 bridgehead atoms. The van der Waals surface area contributed by atoms with E-state index in [2.05, 4.69) is 0 Å². The van der Waals surface area contributed by atoms with Gasteiger partial charge in [-0.3, -0.25) is 9.59 Å². The van der Waals surface area contributed by atoms with Crippen molar-refractivity contribution in [2.45, 2.75) is 77.3 Å². The van der Waals surface area contributed by atoms with Crippen molar-refractivity contribution in [2.75, 3.05) is 6.61 Å². The Balaban J connectivity index is 1.77. The van der Waals surface area contributed by atoms with Crippen LogP contribution in [-0.2, 0) is 23.8 Å². The first-order valence-electron chi connectivity index (χ1n) is 9.42. The number of hydrogen-bond acceptors (Lipinski definition) is 6. The van der Waals surface area contributed by atoms with Crippen LogP contribution >= 0.6 is 0 Å². The highest BCUT2D eigenvalue weighted by Gasteiger charge is 2.84. The van der Waals surface area contributed by atoms with Gasteiger partial charge in [-0.15, -0.1) is 0 Å². The Morgan fingerprint density at radius 3 is 2.80 bits per heavy atom. The molecule has 1 N–H and O–H groups in total. The molecule has 25 heavy (non-hydrogen) atoms.